The number of aliphatic carboxylic acids is 1. The van der Waals surface area contributed by atoms with Gasteiger partial charge in [-0.25, -0.2) is 4.79 Å². The summed E-state index contributed by atoms with van der Waals surface area (Å²) in [5.74, 6) is -0.628. The molecule has 2 heterocycles. The summed E-state index contributed by atoms with van der Waals surface area (Å²) in [6.45, 7) is 3.48. The molecule has 2 saturated heterocycles. The van der Waals surface area contributed by atoms with Gasteiger partial charge in [0, 0.05) is 19.6 Å². The molecule has 0 bridgehead atoms. The highest BCUT2D eigenvalue weighted by molar-refractivity contribution is 5.80. The monoisotopic (exact) mass is 296 g/mol. The number of carboxylic acid groups (broad SMARTS) is 1. The molecule has 3 fully saturated rings. The molecule has 6 heteroatoms. The van der Waals surface area contributed by atoms with Crippen molar-refractivity contribution in [1.29, 1.82) is 0 Å². The molecule has 0 aromatic rings. The summed E-state index contributed by atoms with van der Waals surface area (Å²) < 4.78 is 5.68. The Labute approximate surface area is 124 Å². The smallest absolute Gasteiger partial charge is 0.317 e. The zero-order valence-electron chi connectivity index (χ0n) is 12.5. The van der Waals surface area contributed by atoms with Crippen molar-refractivity contribution in [2.75, 3.05) is 19.6 Å². The van der Waals surface area contributed by atoms with Gasteiger partial charge in [-0.15, -0.1) is 0 Å². The lowest BCUT2D eigenvalue weighted by Crippen LogP contribution is -2.43. The van der Waals surface area contributed by atoms with Crippen molar-refractivity contribution in [3.05, 3.63) is 0 Å². The number of rotatable bonds is 3. The van der Waals surface area contributed by atoms with Crippen LogP contribution in [-0.2, 0) is 9.53 Å². The van der Waals surface area contributed by atoms with Crippen LogP contribution in [-0.4, -0.2) is 53.8 Å². The molecule has 0 aromatic heterocycles. The van der Waals surface area contributed by atoms with E-state index < -0.39 is 11.4 Å². The lowest BCUT2D eigenvalue weighted by Gasteiger charge is -2.23. The number of hydrogen-bond acceptors (Lipinski definition) is 3. The largest absolute Gasteiger partial charge is 0.481 e. The summed E-state index contributed by atoms with van der Waals surface area (Å²) in [5, 5.41) is 12.4. The van der Waals surface area contributed by atoms with Crippen LogP contribution in [0, 0.1) is 11.3 Å². The number of urea groups is 1. The highest BCUT2D eigenvalue weighted by atomic mass is 16.5. The Morgan fingerprint density at radius 1 is 1.38 bits per heavy atom. The normalized spacial score (nSPS) is 38.5. The zero-order chi connectivity index (χ0) is 15.0. The maximum absolute atomic E-state index is 12.2. The summed E-state index contributed by atoms with van der Waals surface area (Å²) in [7, 11) is 0. The van der Waals surface area contributed by atoms with Crippen molar-refractivity contribution in [3.63, 3.8) is 0 Å². The maximum atomic E-state index is 12.2. The number of nitrogens with zero attached hydrogens (tertiary/aromatic N) is 1. The molecule has 2 unspecified atom stereocenters. The fraction of sp³-hybridized carbons (Fsp3) is 0.867. The van der Waals surface area contributed by atoms with Crippen molar-refractivity contribution >= 4 is 12.0 Å². The SMILES string of the molecule is CC1CCC(CNC(=O)N2C[C@@H]3CCC[C@@]3(C(=O)O)C2)O1. The molecule has 0 aromatic carbocycles. The van der Waals surface area contributed by atoms with Gasteiger partial charge in [-0.1, -0.05) is 6.42 Å². The van der Waals surface area contributed by atoms with Crippen LogP contribution in [0.2, 0.25) is 0 Å². The molecular weight excluding hydrogens is 272 g/mol. The zero-order valence-corrected chi connectivity index (χ0v) is 12.5. The van der Waals surface area contributed by atoms with E-state index >= 15 is 0 Å². The van der Waals surface area contributed by atoms with Gasteiger partial charge in [0.1, 0.15) is 0 Å². The second-order valence-electron chi connectivity index (χ2n) is 6.76. The van der Waals surface area contributed by atoms with E-state index in [-0.39, 0.29) is 24.2 Å². The molecule has 3 rings (SSSR count). The Bertz CT molecular complexity index is 441. The Balaban J connectivity index is 1.54. The average Bonchev–Trinajstić information content (AvgIpc) is 3.09. The van der Waals surface area contributed by atoms with E-state index in [2.05, 4.69) is 5.32 Å². The predicted molar refractivity (Wildman–Crippen MR) is 76.0 cm³/mol. The quantitative estimate of drug-likeness (QED) is 0.826. The van der Waals surface area contributed by atoms with Gasteiger partial charge in [-0.3, -0.25) is 4.79 Å². The van der Waals surface area contributed by atoms with Crippen LogP contribution >= 0.6 is 0 Å². The Morgan fingerprint density at radius 3 is 2.81 bits per heavy atom. The molecular formula is C15H24N2O4. The minimum Gasteiger partial charge on any atom is -0.481 e. The number of nitrogens with one attached hydrogen (secondary N) is 1. The number of amides is 2. The highest BCUT2D eigenvalue weighted by Crippen LogP contribution is 2.48. The first-order valence-electron chi connectivity index (χ1n) is 7.93. The van der Waals surface area contributed by atoms with E-state index in [1.807, 2.05) is 6.92 Å². The van der Waals surface area contributed by atoms with E-state index in [1.165, 1.54) is 0 Å². The lowest BCUT2D eigenvalue weighted by atomic mass is 9.81. The molecule has 2 aliphatic heterocycles. The van der Waals surface area contributed by atoms with E-state index in [4.69, 9.17) is 4.74 Å². The first-order chi connectivity index (χ1) is 10.0. The molecule has 4 atom stereocenters. The van der Waals surface area contributed by atoms with Crippen LogP contribution in [0.1, 0.15) is 39.0 Å². The van der Waals surface area contributed by atoms with Crippen molar-refractivity contribution in [3.8, 4) is 0 Å². The third kappa shape index (κ3) is 2.61. The molecule has 1 aliphatic carbocycles. The van der Waals surface area contributed by atoms with Crippen molar-refractivity contribution < 1.29 is 19.4 Å². The summed E-state index contributed by atoms with van der Waals surface area (Å²) in [6, 6.07) is -0.145. The number of carbonyl (C=O) groups is 2. The van der Waals surface area contributed by atoms with Crippen molar-refractivity contribution in [2.45, 2.75) is 51.2 Å². The number of carbonyl (C=O) groups excluding carboxylic acids is 1. The van der Waals surface area contributed by atoms with Crippen LogP contribution in [0.3, 0.4) is 0 Å². The van der Waals surface area contributed by atoms with Crippen LogP contribution in [0.4, 0.5) is 4.79 Å². The van der Waals surface area contributed by atoms with E-state index in [0.717, 1.165) is 25.7 Å². The van der Waals surface area contributed by atoms with Gasteiger partial charge in [-0.2, -0.15) is 0 Å². The van der Waals surface area contributed by atoms with E-state index in [0.29, 0.717) is 26.1 Å². The van der Waals surface area contributed by atoms with Crippen LogP contribution < -0.4 is 5.32 Å². The van der Waals surface area contributed by atoms with Gasteiger partial charge in [0.2, 0.25) is 0 Å². The fourth-order valence-electron chi connectivity index (χ4n) is 4.14. The minimum absolute atomic E-state index is 0.0967. The summed E-state index contributed by atoms with van der Waals surface area (Å²) >= 11 is 0. The van der Waals surface area contributed by atoms with Gasteiger partial charge in [-0.05, 0) is 38.5 Å². The summed E-state index contributed by atoms with van der Waals surface area (Å²) in [6.07, 6.45) is 4.95. The molecule has 2 N–H and O–H groups in total. The molecule has 21 heavy (non-hydrogen) atoms. The van der Waals surface area contributed by atoms with Gasteiger partial charge in [0.15, 0.2) is 0 Å². The van der Waals surface area contributed by atoms with Crippen LogP contribution in [0.5, 0.6) is 0 Å². The summed E-state index contributed by atoms with van der Waals surface area (Å²) in [4.78, 5) is 25.5. The summed E-state index contributed by atoms with van der Waals surface area (Å²) in [5.41, 5.74) is -0.699. The fourth-order valence-corrected chi connectivity index (χ4v) is 4.14. The Hall–Kier alpha value is -1.30. The van der Waals surface area contributed by atoms with E-state index in [1.54, 1.807) is 4.90 Å². The molecule has 6 nitrogen and oxygen atoms in total. The predicted octanol–water partition coefficient (Wildman–Crippen LogP) is 1.45. The maximum Gasteiger partial charge on any atom is 0.317 e. The van der Waals surface area contributed by atoms with Crippen LogP contribution in [0.25, 0.3) is 0 Å². The Morgan fingerprint density at radius 2 is 2.19 bits per heavy atom. The van der Waals surface area contributed by atoms with Gasteiger partial charge in [0.05, 0.1) is 17.6 Å². The van der Waals surface area contributed by atoms with Crippen molar-refractivity contribution in [2.24, 2.45) is 11.3 Å². The average molecular weight is 296 g/mol. The number of hydrogen-bond donors (Lipinski definition) is 2. The number of ether oxygens (including phenoxy) is 1. The lowest BCUT2D eigenvalue weighted by molar-refractivity contribution is -0.149. The first-order valence-corrected chi connectivity index (χ1v) is 7.93. The van der Waals surface area contributed by atoms with Crippen molar-refractivity contribution in [1.82, 2.24) is 10.2 Å². The van der Waals surface area contributed by atoms with Gasteiger partial charge in [0.25, 0.3) is 0 Å². The topological polar surface area (TPSA) is 78.9 Å². The molecule has 0 spiro atoms. The standard InChI is InChI=1S/C15H24N2O4/c1-10-4-5-12(21-10)7-16-14(20)17-8-11-3-2-6-15(11,9-17)13(18)19/h10-12H,2-9H2,1H3,(H,16,20)(H,18,19)/t10?,11-,12?,15+/m0/s1. The molecule has 2 amide bonds. The van der Waals surface area contributed by atoms with Gasteiger partial charge < -0.3 is 20.1 Å². The highest BCUT2D eigenvalue weighted by Gasteiger charge is 2.55. The second kappa shape index (κ2) is 5.48. The number of carboxylic acids is 1. The molecule has 1 saturated carbocycles. The number of likely N-dealkylation sites (tertiary alicyclic amines) is 1. The molecule has 0 radical (unpaired) electrons. The van der Waals surface area contributed by atoms with E-state index in [9.17, 15) is 14.7 Å². The molecule has 3 aliphatic rings. The number of fused-ring (bicyclic) bond motifs is 1. The Kier molecular flexibility index (Phi) is 3.82. The van der Waals surface area contributed by atoms with Crippen LogP contribution in [0.15, 0.2) is 0 Å². The van der Waals surface area contributed by atoms with Gasteiger partial charge >= 0.3 is 12.0 Å². The third-order valence-corrected chi connectivity index (χ3v) is 5.38. The first kappa shape index (κ1) is 14.6. The second-order valence-corrected chi connectivity index (χ2v) is 6.76. The minimum atomic E-state index is -0.742. The third-order valence-electron chi connectivity index (χ3n) is 5.38. The molecule has 118 valence electrons.